The largest absolute Gasteiger partial charge is 0.497 e. The van der Waals surface area contributed by atoms with Gasteiger partial charge in [0, 0.05) is 12.8 Å². The van der Waals surface area contributed by atoms with Crippen molar-refractivity contribution in [2.45, 2.75) is 25.7 Å². The van der Waals surface area contributed by atoms with Gasteiger partial charge in [-0.05, 0) is 37.1 Å². The first kappa shape index (κ1) is 14.4. The molecular formula is C15H20O3. The maximum absolute atomic E-state index is 8.54. The fraction of sp³-hybridized carbons (Fsp3) is 0.467. The van der Waals surface area contributed by atoms with Crippen LogP contribution in [-0.4, -0.2) is 25.4 Å². The van der Waals surface area contributed by atoms with Gasteiger partial charge in [-0.15, -0.1) is 11.8 Å². The standard InChI is InChI=1S/C15H20O3/c1-17-14-8-10-15(11-9-14)18-13-7-5-3-2-4-6-12-16/h8-11,16H,3,5-7,12-13H2,1H3. The zero-order valence-electron chi connectivity index (χ0n) is 10.8. The van der Waals surface area contributed by atoms with E-state index in [9.17, 15) is 0 Å². The van der Waals surface area contributed by atoms with Crippen molar-refractivity contribution in [1.29, 1.82) is 0 Å². The average Bonchev–Trinajstić information content (AvgIpc) is 2.42. The smallest absolute Gasteiger partial charge is 0.119 e. The number of aliphatic hydroxyl groups is 1. The molecule has 18 heavy (non-hydrogen) atoms. The van der Waals surface area contributed by atoms with Crippen LogP contribution >= 0.6 is 0 Å². The van der Waals surface area contributed by atoms with Crippen molar-refractivity contribution < 1.29 is 14.6 Å². The molecule has 0 bridgehead atoms. The van der Waals surface area contributed by atoms with Crippen LogP contribution < -0.4 is 9.47 Å². The summed E-state index contributed by atoms with van der Waals surface area (Å²) in [6, 6.07) is 7.57. The van der Waals surface area contributed by atoms with Crippen molar-refractivity contribution in [3.05, 3.63) is 24.3 Å². The first-order valence-electron chi connectivity index (χ1n) is 6.20. The van der Waals surface area contributed by atoms with Crippen LogP contribution in [0, 0.1) is 11.8 Å². The van der Waals surface area contributed by atoms with Crippen LogP contribution in [0.25, 0.3) is 0 Å². The van der Waals surface area contributed by atoms with Crippen LogP contribution in [0.3, 0.4) is 0 Å². The van der Waals surface area contributed by atoms with E-state index in [-0.39, 0.29) is 6.61 Å². The Hall–Kier alpha value is -1.66. The second-order valence-corrected chi connectivity index (χ2v) is 3.81. The normalized spacial score (nSPS) is 9.44. The number of aliphatic hydroxyl groups excluding tert-OH is 1. The number of benzene rings is 1. The minimum Gasteiger partial charge on any atom is -0.497 e. The van der Waals surface area contributed by atoms with Crippen molar-refractivity contribution in [2.24, 2.45) is 0 Å². The van der Waals surface area contributed by atoms with Crippen LogP contribution in [-0.2, 0) is 0 Å². The highest BCUT2D eigenvalue weighted by atomic mass is 16.5. The average molecular weight is 248 g/mol. The Morgan fingerprint density at radius 1 is 1.00 bits per heavy atom. The van der Waals surface area contributed by atoms with Crippen LogP contribution in [0.4, 0.5) is 0 Å². The third-order valence-corrected chi connectivity index (χ3v) is 2.39. The second-order valence-electron chi connectivity index (χ2n) is 3.81. The molecule has 0 atom stereocenters. The monoisotopic (exact) mass is 248 g/mol. The molecule has 1 aromatic carbocycles. The Morgan fingerprint density at radius 2 is 1.67 bits per heavy atom. The third kappa shape index (κ3) is 6.17. The highest BCUT2D eigenvalue weighted by molar-refractivity contribution is 5.31. The van der Waals surface area contributed by atoms with Crippen molar-refractivity contribution in [3.8, 4) is 23.3 Å². The predicted molar refractivity (Wildman–Crippen MR) is 71.8 cm³/mol. The summed E-state index contributed by atoms with van der Waals surface area (Å²) in [5.74, 6) is 7.62. The summed E-state index contributed by atoms with van der Waals surface area (Å²) in [5.41, 5.74) is 0. The summed E-state index contributed by atoms with van der Waals surface area (Å²) in [6.45, 7) is 0.849. The van der Waals surface area contributed by atoms with Crippen LogP contribution in [0.2, 0.25) is 0 Å². The van der Waals surface area contributed by atoms with Gasteiger partial charge in [0.05, 0.1) is 20.3 Å². The molecule has 0 aliphatic heterocycles. The van der Waals surface area contributed by atoms with Gasteiger partial charge in [0.1, 0.15) is 11.5 Å². The minimum atomic E-state index is 0.146. The molecule has 0 heterocycles. The van der Waals surface area contributed by atoms with Crippen molar-refractivity contribution >= 4 is 0 Å². The maximum Gasteiger partial charge on any atom is 0.119 e. The molecule has 3 heteroatoms. The first-order chi connectivity index (χ1) is 8.86. The van der Waals surface area contributed by atoms with E-state index in [0.29, 0.717) is 13.0 Å². The van der Waals surface area contributed by atoms with Gasteiger partial charge in [-0.3, -0.25) is 0 Å². The van der Waals surface area contributed by atoms with Gasteiger partial charge < -0.3 is 14.6 Å². The van der Waals surface area contributed by atoms with Crippen LogP contribution in [0.15, 0.2) is 24.3 Å². The minimum absolute atomic E-state index is 0.146. The molecule has 0 radical (unpaired) electrons. The number of hydrogen-bond donors (Lipinski definition) is 1. The Labute approximate surface area is 109 Å². The molecule has 1 rings (SSSR count). The molecule has 0 aromatic heterocycles. The van der Waals surface area contributed by atoms with Crippen molar-refractivity contribution in [2.75, 3.05) is 20.3 Å². The fourth-order valence-corrected chi connectivity index (χ4v) is 1.41. The molecule has 0 amide bonds. The SMILES string of the molecule is COc1ccc(OCCCCC#CCCO)cc1. The molecule has 1 N–H and O–H groups in total. The molecule has 0 unspecified atom stereocenters. The zero-order chi connectivity index (χ0) is 13.1. The topological polar surface area (TPSA) is 38.7 Å². The molecule has 0 saturated heterocycles. The lowest BCUT2D eigenvalue weighted by Gasteiger charge is -2.06. The van der Waals surface area contributed by atoms with E-state index in [1.807, 2.05) is 24.3 Å². The lowest BCUT2D eigenvalue weighted by Crippen LogP contribution is -1.96. The Balaban J connectivity index is 2.09. The van der Waals surface area contributed by atoms with E-state index in [1.54, 1.807) is 7.11 Å². The van der Waals surface area contributed by atoms with E-state index in [1.165, 1.54) is 0 Å². The van der Waals surface area contributed by atoms with Gasteiger partial charge in [0.15, 0.2) is 0 Å². The molecule has 0 aliphatic carbocycles. The Morgan fingerprint density at radius 3 is 2.33 bits per heavy atom. The molecule has 1 aromatic rings. The summed E-state index contributed by atoms with van der Waals surface area (Å²) < 4.78 is 10.7. The maximum atomic E-state index is 8.54. The lowest BCUT2D eigenvalue weighted by atomic mass is 10.2. The van der Waals surface area contributed by atoms with E-state index in [4.69, 9.17) is 14.6 Å². The fourth-order valence-electron chi connectivity index (χ4n) is 1.41. The molecule has 0 saturated carbocycles. The first-order valence-corrected chi connectivity index (χ1v) is 6.20. The molecule has 0 fully saturated rings. The number of hydrogen-bond acceptors (Lipinski definition) is 3. The number of methoxy groups -OCH3 is 1. The Bertz CT molecular complexity index is 373. The third-order valence-electron chi connectivity index (χ3n) is 2.39. The molecule has 3 nitrogen and oxygen atoms in total. The number of ether oxygens (including phenoxy) is 2. The lowest BCUT2D eigenvalue weighted by molar-refractivity contribution is 0.304. The number of rotatable bonds is 7. The van der Waals surface area contributed by atoms with Gasteiger partial charge in [-0.2, -0.15) is 0 Å². The number of unbranched alkanes of at least 4 members (excludes halogenated alkanes) is 2. The van der Waals surface area contributed by atoms with Gasteiger partial charge in [-0.1, -0.05) is 0 Å². The molecular weight excluding hydrogens is 228 g/mol. The van der Waals surface area contributed by atoms with Gasteiger partial charge in [0.25, 0.3) is 0 Å². The highest BCUT2D eigenvalue weighted by Crippen LogP contribution is 2.17. The van der Waals surface area contributed by atoms with Crippen LogP contribution in [0.1, 0.15) is 25.7 Å². The van der Waals surface area contributed by atoms with Crippen LogP contribution in [0.5, 0.6) is 11.5 Å². The molecule has 98 valence electrons. The second kappa shape index (κ2) is 9.38. The van der Waals surface area contributed by atoms with Gasteiger partial charge in [-0.25, -0.2) is 0 Å². The summed E-state index contributed by atoms with van der Waals surface area (Å²) in [5, 5.41) is 8.54. The van der Waals surface area contributed by atoms with Crippen molar-refractivity contribution in [1.82, 2.24) is 0 Å². The summed E-state index contributed by atoms with van der Waals surface area (Å²) in [6.07, 6.45) is 3.45. The summed E-state index contributed by atoms with van der Waals surface area (Å²) >= 11 is 0. The van der Waals surface area contributed by atoms with Crippen molar-refractivity contribution in [3.63, 3.8) is 0 Å². The quantitative estimate of drug-likeness (QED) is 0.595. The Kier molecular flexibility index (Phi) is 7.50. The van der Waals surface area contributed by atoms with E-state index in [0.717, 1.165) is 30.8 Å². The molecule has 0 spiro atoms. The summed E-state index contributed by atoms with van der Waals surface area (Å²) in [4.78, 5) is 0. The van der Waals surface area contributed by atoms with Gasteiger partial charge >= 0.3 is 0 Å². The van der Waals surface area contributed by atoms with Gasteiger partial charge in [0.2, 0.25) is 0 Å². The van der Waals surface area contributed by atoms with E-state index in [2.05, 4.69) is 11.8 Å². The predicted octanol–water partition coefficient (Wildman–Crippen LogP) is 2.63. The zero-order valence-corrected chi connectivity index (χ0v) is 10.8. The van der Waals surface area contributed by atoms with E-state index >= 15 is 0 Å². The highest BCUT2D eigenvalue weighted by Gasteiger charge is 1.94. The summed E-state index contributed by atoms with van der Waals surface area (Å²) in [7, 11) is 1.65. The van der Waals surface area contributed by atoms with E-state index < -0.39 is 0 Å². The molecule has 0 aliphatic rings.